The van der Waals surface area contributed by atoms with Crippen LogP contribution in [0.2, 0.25) is 0 Å². The van der Waals surface area contributed by atoms with Crippen molar-refractivity contribution in [2.24, 2.45) is 0 Å². The Labute approximate surface area is 189 Å². The molecule has 0 aromatic heterocycles. The highest BCUT2D eigenvalue weighted by molar-refractivity contribution is 7.89. The molecule has 2 aliphatic rings. The summed E-state index contributed by atoms with van der Waals surface area (Å²) in [6.07, 6.45) is 1.67. The first-order valence-corrected chi connectivity index (χ1v) is 12.4. The number of likely N-dealkylation sites (tertiary alicyclic amines) is 1. The van der Waals surface area contributed by atoms with E-state index in [1.807, 2.05) is 19.1 Å². The maximum atomic E-state index is 13.4. The third-order valence-electron chi connectivity index (χ3n) is 6.41. The van der Waals surface area contributed by atoms with Gasteiger partial charge in [0.25, 0.3) is 5.91 Å². The minimum absolute atomic E-state index is 0.0482. The number of ether oxygens (including phenoxy) is 1. The van der Waals surface area contributed by atoms with Crippen molar-refractivity contribution < 1.29 is 22.7 Å². The molecule has 0 atom stereocenters. The molecule has 0 bridgehead atoms. The number of ketones is 1. The van der Waals surface area contributed by atoms with Gasteiger partial charge >= 0.3 is 0 Å². The molecule has 32 heavy (non-hydrogen) atoms. The maximum Gasteiger partial charge on any atom is 0.253 e. The van der Waals surface area contributed by atoms with E-state index in [2.05, 4.69) is 0 Å². The number of aryl methyl sites for hydroxylation is 1. The molecule has 1 amide bonds. The Kier molecular flexibility index (Phi) is 6.20. The Morgan fingerprint density at radius 3 is 2.09 bits per heavy atom. The van der Waals surface area contributed by atoms with Crippen LogP contribution in [0.3, 0.4) is 0 Å². The lowest BCUT2D eigenvalue weighted by Crippen LogP contribution is -2.55. The molecule has 0 unspecified atom stereocenters. The molecule has 0 N–H and O–H groups in total. The summed E-state index contributed by atoms with van der Waals surface area (Å²) >= 11 is 0. The summed E-state index contributed by atoms with van der Waals surface area (Å²) in [5.41, 5.74) is 1.24. The quantitative estimate of drug-likeness (QED) is 0.646. The van der Waals surface area contributed by atoms with Gasteiger partial charge < -0.3 is 9.64 Å². The van der Waals surface area contributed by atoms with Gasteiger partial charge in [0, 0.05) is 43.6 Å². The number of nitrogens with zero attached hydrogens (tertiary/aromatic N) is 2. The molecule has 2 aromatic rings. The zero-order chi connectivity index (χ0) is 22.9. The summed E-state index contributed by atoms with van der Waals surface area (Å²) in [6, 6.07) is 13.6. The summed E-state index contributed by atoms with van der Waals surface area (Å²) in [5.74, 6) is -0.176. The maximum absolute atomic E-state index is 13.4. The molecule has 8 heteroatoms. The highest BCUT2D eigenvalue weighted by Crippen LogP contribution is 2.38. The predicted octanol–water partition coefficient (Wildman–Crippen LogP) is 3.11. The van der Waals surface area contributed by atoms with Crippen LogP contribution in [0.5, 0.6) is 0 Å². The number of sulfonamides is 1. The lowest BCUT2D eigenvalue weighted by molar-refractivity contribution is -0.0857. The second kappa shape index (κ2) is 8.77. The number of amides is 1. The van der Waals surface area contributed by atoms with Gasteiger partial charge in [0.05, 0.1) is 11.5 Å². The minimum Gasteiger partial charge on any atom is -0.358 e. The Bertz CT molecular complexity index is 1100. The highest BCUT2D eigenvalue weighted by atomic mass is 32.2. The number of Topliss-reactive ketones (excluding diaryl/α,β-unsaturated/α-hetero) is 1. The van der Waals surface area contributed by atoms with Gasteiger partial charge in [0.1, 0.15) is 5.72 Å². The molecule has 1 spiro atoms. The van der Waals surface area contributed by atoms with Crippen LogP contribution < -0.4 is 0 Å². The van der Waals surface area contributed by atoms with E-state index in [-0.39, 0.29) is 16.6 Å². The molecule has 2 aliphatic heterocycles. The van der Waals surface area contributed by atoms with Crippen molar-refractivity contribution >= 4 is 21.7 Å². The molecular weight excluding hydrogens is 428 g/mol. The number of rotatable bonds is 5. The molecule has 4 rings (SSSR count). The topological polar surface area (TPSA) is 84.0 Å². The number of carbonyl (C=O) groups excluding carboxylic acids is 2. The van der Waals surface area contributed by atoms with Gasteiger partial charge in [-0.1, -0.05) is 31.2 Å². The van der Waals surface area contributed by atoms with Gasteiger partial charge in [-0.25, -0.2) is 8.42 Å². The van der Waals surface area contributed by atoms with E-state index in [9.17, 15) is 18.0 Å². The van der Waals surface area contributed by atoms with Crippen molar-refractivity contribution in [3.05, 3.63) is 65.2 Å². The smallest absolute Gasteiger partial charge is 0.253 e. The molecule has 0 aliphatic carbocycles. The lowest BCUT2D eigenvalue weighted by atomic mass is 9.99. The number of benzene rings is 2. The fourth-order valence-corrected chi connectivity index (χ4v) is 6.16. The van der Waals surface area contributed by atoms with Crippen LogP contribution in [0.25, 0.3) is 0 Å². The first-order valence-electron chi connectivity index (χ1n) is 10.9. The van der Waals surface area contributed by atoms with Crippen molar-refractivity contribution in [1.82, 2.24) is 9.21 Å². The molecule has 2 heterocycles. The average molecular weight is 457 g/mol. The van der Waals surface area contributed by atoms with Crippen molar-refractivity contribution in [3.8, 4) is 0 Å². The molecule has 7 nitrogen and oxygen atoms in total. The first-order chi connectivity index (χ1) is 15.3. The van der Waals surface area contributed by atoms with Crippen LogP contribution in [0.15, 0.2) is 53.4 Å². The number of piperidine rings is 1. The molecule has 0 saturated carbocycles. The highest BCUT2D eigenvalue weighted by Gasteiger charge is 2.51. The zero-order valence-corrected chi connectivity index (χ0v) is 19.2. The number of carbonyl (C=O) groups is 2. The molecular formula is C24H28N2O5S. The van der Waals surface area contributed by atoms with Crippen molar-refractivity contribution in [1.29, 1.82) is 0 Å². The van der Waals surface area contributed by atoms with Crippen LogP contribution in [0, 0.1) is 0 Å². The minimum atomic E-state index is -3.70. The third kappa shape index (κ3) is 4.10. The fourth-order valence-electron chi connectivity index (χ4n) is 4.44. The molecule has 2 aromatic carbocycles. The number of hydrogen-bond acceptors (Lipinski definition) is 5. The van der Waals surface area contributed by atoms with Crippen LogP contribution in [-0.4, -0.2) is 61.3 Å². The summed E-state index contributed by atoms with van der Waals surface area (Å²) in [5, 5.41) is 0. The van der Waals surface area contributed by atoms with E-state index in [4.69, 9.17) is 4.74 Å². The van der Waals surface area contributed by atoms with Gasteiger partial charge in [-0.05, 0) is 43.2 Å². The van der Waals surface area contributed by atoms with E-state index in [1.54, 1.807) is 41.3 Å². The Morgan fingerprint density at radius 1 is 0.938 bits per heavy atom. The van der Waals surface area contributed by atoms with Crippen molar-refractivity contribution in [3.63, 3.8) is 0 Å². The summed E-state index contributed by atoms with van der Waals surface area (Å²) in [6.45, 7) is 4.95. The monoisotopic (exact) mass is 456 g/mol. The van der Waals surface area contributed by atoms with Gasteiger partial charge in [-0.3, -0.25) is 9.59 Å². The second-order valence-electron chi connectivity index (χ2n) is 8.30. The van der Waals surface area contributed by atoms with E-state index < -0.39 is 15.7 Å². The fraction of sp³-hybridized carbons (Fsp3) is 0.417. The largest absolute Gasteiger partial charge is 0.358 e. The van der Waals surface area contributed by atoms with Crippen LogP contribution in [0.4, 0.5) is 0 Å². The Morgan fingerprint density at radius 2 is 1.53 bits per heavy atom. The van der Waals surface area contributed by atoms with Crippen LogP contribution in [0.1, 0.15) is 53.0 Å². The van der Waals surface area contributed by atoms with Crippen LogP contribution >= 0.6 is 0 Å². The zero-order valence-electron chi connectivity index (χ0n) is 18.4. The summed E-state index contributed by atoms with van der Waals surface area (Å²) in [4.78, 5) is 26.4. The van der Waals surface area contributed by atoms with Gasteiger partial charge in [-0.15, -0.1) is 0 Å². The summed E-state index contributed by atoms with van der Waals surface area (Å²) < 4.78 is 34.2. The third-order valence-corrected chi connectivity index (χ3v) is 8.37. The van der Waals surface area contributed by atoms with E-state index in [0.29, 0.717) is 50.2 Å². The Hall–Kier alpha value is -2.55. The van der Waals surface area contributed by atoms with Gasteiger partial charge in [0.2, 0.25) is 10.0 Å². The van der Waals surface area contributed by atoms with E-state index in [1.165, 1.54) is 11.2 Å². The van der Waals surface area contributed by atoms with E-state index >= 15 is 0 Å². The predicted molar refractivity (Wildman–Crippen MR) is 120 cm³/mol. The molecule has 0 radical (unpaired) electrons. The first kappa shape index (κ1) is 22.6. The van der Waals surface area contributed by atoms with Gasteiger partial charge in [-0.2, -0.15) is 4.31 Å². The van der Waals surface area contributed by atoms with Crippen LogP contribution in [-0.2, 0) is 21.2 Å². The molecule has 2 saturated heterocycles. The second-order valence-corrected chi connectivity index (χ2v) is 10.2. The average Bonchev–Trinajstić information content (AvgIpc) is 3.23. The number of hydrogen-bond donors (Lipinski definition) is 0. The molecule has 170 valence electrons. The van der Waals surface area contributed by atoms with Crippen molar-refractivity contribution in [2.75, 3.05) is 26.2 Å². The molecule has 2 fully saturated rings. The Balaban J connectivity index is 1.48. The SMILES string of the molecule is CCc1ccc(S(=O)(=O)N2CCOC23CCN(C(=O)c2ccc(C(C)=O)cc2)CC3)cc1. The van der Waals surface area contributed by atoms with Gasteiger partial charge in [0.15, 0.2) is 5.78 Å². The summed E-state index contributed by atoms with van der Waals surface area (Å²) in [7, 11) is -3.70. The van der Waals surface area contributed by atoms with Crippen molar-refractivity contribution in [2.45, 2.75) is 43.7 Å². The van der Waals surface area contributed by atoms with E-state index in [0.717, 1.165) is 12.0 Å². The standard InChI is InChI=1S/C24H28N2O5S/c1-3-19-4-10-22(11-5-19)32(29,30)26-16-17-31-24(26)12-14-25(15-13-24)23(28)21-8-6-20(7-9-21)18(2)27/h4-11H,3,12-17H2,1-2H3. The normalized spacial score (nSPS) is 18.8. The lowest BCUT2D eigenvalue weighted by Gasteiger charge is -2.42.